The van der Waals surface area contributed by atoms with Gasteiger partial charge in [-0.15, -0.1) is 0 Å². The molecule has 12 rings (SSSR count). The predicted octanol–water partition coefficient (Wildman–Crippen LogP) is 17.7. The number of fused-ring (bicyclic) bond motifs is 6. The Hall–Kier alpha value is -8.46. The van der Waals surface area contributed by atoms with Crippen LogP contribution in [0.3, 0.4) is 0 Å². The normalized spacial score (nSPS) is 11.4. The van der Waals surface area contributed by atoms with Crippen molar-refractivity contribution in [3.8, 4) is 55.6 Å². The summed E-state index contributed by atoms with van der Waals surface area (Å²) in [6.45, 7) is 0. The van der Waals surface area contributed by atoms with E-state index in [-0.39, 0.29) is 0 Å². The first-order valence-corrected chi connectivity index (χ1v) is 21.9. The molecule has 300 valence electrons. The molecule has 1 heterocycles. The molecule has 0 aliphatic carbocycles. The first kappa shape index (κ1) is 37.3. The quantitative estimate of drug-likeness (QED) is 0.152. The Bertz CT molecular complexity index is 3640. The van der Waals surface area contributed by atoms with E-state index in [1.807, 2.05) is 6.07 Å². The number of benzene rings is 11. The Kier molecular flexibility index (Phi) is 9.20. The van der Waals surface area contributed by atoms with Crippen LogP contribution in [0.1, 0.15) is 0 Å². The molecule has 0 aliphatic rings. The largest absolute Gasteiger partial charge is 0.456 e. The summed E-state index contributed by atoms with van der Waals surface area (Å²) in [6.07, 6.45) is 0. The Morgan fingerprint density at radius 1 is 0.266 bits per heavy atom. The smallest absolute Gasteiger partial charge is 0.136 e. The Balaban J connectivity index is 0.989. The molecular weight excluding hydrogens is 775 g/mol. The fraction of sp³-hybridized carbons (Fsp3) is 0. The second kappa shape index (κ2) is 15.8. The monoisotopic (exact) mass is 815 g/mol. The van der Waals surface area contributed by atoms with E-state index < -0.39 is 0 Å². The van der Waals surface area contributed by atoms with Crippen LogP contribution in [0, 0.1) is 0 Å². The Morgan fingerprint density at radius 2 is 0.797 bits per heavy atom. The molecule has 64 heavy (non-hydrogen) atoms. The molecule has 0 saturated carbocycles. The van der Waals surface area contributed by atoms with Crippen LogP contribution in [0.25, 0.3) is 99.1 Å². The van der Waals surface area contributed by atoms with Gasteiger partial charge in [-0.05, 0) is 132 Å². The lowest BCUT2D eigenvalue weighted by Gasteiger charge is -2.28. The molecule has 0 spiro atoms. The lowest BCUT2D eigenvalue weighted by molar-refractivity contribution is 0.669. The van der Waals surface area contributed by atoms with Crippen molar-refractivity contribution in [1.82, 2.24) is 0 Å². The van der Waals surface area contributed by atoms with Gasteiger partial charge in [-0.3, -0.25) is 0 Å². The average molecular weight is 816 g/mol. The van der Waals surface area contributed by atoms with Gasteiger partial charge in [0.05, 0.1) is 5.69 Å². The van der Waals surface area contributed by atoms with Crippen LogP contribution in [0.15, 0.2) is 253 Å². The maximum Gasteiger partial charge on any atom is 0.136 e. The van der Waals surface area contributed by atoms with Gasteiger partial charge in [0.2, 0.25) is 0 Å². The van der Waals surface area contributed by atoms with Crippen LogP contribution in [-0.4, -0.2) is 0 Å². The summed E-state index contributed by atoms with van der Waals surface area (Å²) < 4.78 is 6.52. The Labute approximate surface area is 372 Å². The van der Waals surface area contributed by atoms with Crippen LogP contribution in [0.5, 0.6) is 0 Å². The van der Waals surface area contributed by atoms with Crippen molar-refractivity contribution in [2.45, 2.75) is 0 Å². The predicted molar refractivity (Wildman–Crippen MR) is 271 cm³/mol. The molecule has 0 aliphatic heterocycles. The van der Waals surface area contributed by atoms with Gasteiger partial charge in [-0.2, -0.15) is 0 Å². The number of para-hydroxylation sites is 2. The molecule has 0 N–H and O–H groups in total. The maximum atomic E-state index is 6.52. The summed E-state index contributed by atoms with van der Waals surface area (Å²) >= 11 is 0. The highest BCUT2D eigenvalue weighted by molar-refractivity contribution is 6.22. The molecule has 12 aromatic rings. The van der Waals surface area contributed by atoms with Crippen LogP contribution < -0.4 is 4.90 Å². The maximum absolute atomic E-state index is 6.52. The molecule has 0 radical (unpaired) electrons. The molecular formula is C62H41NO. The highest BCUT2D eigenvalue weighted by atomic mass is 16.3. The molecule has 1 aromatic heterocycles. The van der Waals surface area contributed by atoms with E-state index >= 15 is 0 Å². The van der Waals surface area contributed by atoms with Gasteiger partial charge in [-0.25, -0.2) is 0 Å². The van der Waals surface area contributed by atoms with Gasteiger partial charge >= 0.3 is 0 Å². The van der Waals surface area contributed by atoms with E-state index in [2.05, 4.69) is 248 Å². The van der Waals surface area contributed by atoms with Gasteiger partial charge in [-0.1, -0.05) is 188 Å². The van der Waals surface area contributed by atoms with Crippen LogP contribution in [-0.2, 0) is 0 Å². The topological polar surface area (TPSA) is 16.4 Å². The minimum absolute atomic E-state index is 0.901. The van der Waals surface area contributed by atoms with Crippen molar-refractivity contribution in [2.75, 3.05) is 4.90 Å². The third-order valence-corrected chi connectivity index (χ3v) is 12.7. The zero-order valence-electron chi connectivity index (χ0n) is 35.0. The molecule has 2 heteroatoms. The van der Waals surface area contributed by atoms with E-state index in [4.69, 9.17) is 4.42 Å². The van der Waals surface area contributed by atoms with Crippen molar-refractivity contribution in [2.24, 2.45) is 0 Å². The van der Waals surface area contributed by atoms with E-state index in [0.717, 1.165) is 66.8 Å². The van der Waals surface area contributed by atoms with E-state index in [0.29, 0.717) is 0 Å². The number of hydrogen-bond donors (Lipinski definition) is 0. The van der Waals surface area contributed by atoms with Gasteiger partial charge < -0.3 is 9.32 Å². The van der Waals surface area contributed by atoms with Crippen LogP contribution >= 0.6 is 0 Å². The fourth-order valence-corrected chi connectivity index (χ4v) is 9.49. The summed E-state index contributed by atoms with van der Waals surface area (Å²) in [6, 6.07) is 89.7. The first-order valence-electron chi connectivity index (χ1n) is 21.9. The molecule has 0 saturated heterocycles. The second-order valence-corrected chi connectivity index (χ2v) is 16.5. The number of furan rings is 1. The van der Waals surface area contributed by atoms with Crippen molar-refractivity contribution >= 4 is 60.5 Å². The van der Waals surface area contributed by atoms with Crippen LogP contribution in [0.2, 0.25) is 0 Å². The summed E-state index contributed by atoms with van der Waals surface area (Å²) in [7, 11) is 0. The molecule has 0 bridgehead atoms. The molecule has 11 aromatic carbocycles. The van der Waals surface area contributed by atoms with E-state index in [1.165, 1.54) is 49.4 Å². The fourth-order valence-electron chi connectivity index (χ4n) is 9.49. The minimum atomic E-state index is 0.901. The Morgan fingerprint density at radius 3 is 1.56 bits per heavy atom. The average Bonchev–Trinajstić information content (AvgIpc) is 3.76. The van der Waals surface area contributed by atoms with Crippen molar-refractivity contribution < 1.29 is 4.42 Å². The minimum Gasteiger partial charge on any atom is -0.456 e. The third-order valence-electron chi connectivity index (χ3n) is 12.7. The first-order chi connectivity index (χ1) is 31.7. The number of hydrogen-bond acceptors (Lipinski definition) is 2. The van der Waals surface area contributed by atoms with Gasteiger partial charge in [0.1, 0.15) is 11.2 Å². The SMILES string of the molecule is c1ccc(-c2ccc(N(c3ccc(-c4ccc5c(c4)c(-c4ccc6ccccc6c4)cc4oc6ccccc6c45)cc3)c3ccccc3-c3cccc(-c4ccccc4)c3)cc2)cc1. The van der Waals surface area contributed by atoms with Crippen molar-refractivity contribution in [1.29, 1.82) is 0 Å². The lowest BCUT2D eigenvalue weighted by Crippen LogP contribution is -2.11. The summed E-state index contributed by atoms with van der Waals surface area (Å²) in [5, 5.41) is 7.11. The molecule has 0 unspecified atom stereocenters. The molecule has 2 nitrogen and oxygen atoms in total. The number of nitrogens with zero attached hydrogens (tertiary/aromatic N) is 1. The molecule has 0 fully saturated rings. The lowest BCUT2D eigenvalue weighted by atomic mass is 9.91. The van der Waals surface area contributed by atoms with E-state index in [1.54, 1.807) is 0 Å². The zero-order valence-corrected chi connectivity index (χ0v) is 35.0. The standard InChI is InChI=1S/C62H41NO/c1-3-14-42(15-4-1)45-28-33-52(34-29-45)63(59-24-11-9-22-54(59)50-21-13-20-48(38-50)43-16-5-2-6-17-43)53-35-30-46(31-36-53)49-32-37-55-58(40-49)57(51-27-26-44-18-7-8-19-47(44)39-51)41-61-62(55)56-23-10-12-25-60(56)64-61/h1-41H. The van der Waals surface area contributed by atoms with Crippen LogP contribution in [0.4, 0.5) is 17.1 Å². The highest BCUT2D eigenvalue weighted by Crippen LogP contribution is 2.45. The van der Waals surface area contributed by atoms with E-state index in [9.17, 15) is 0 Å². The van der Waals surface area contributed by atoms with Crippen molar-refractivity contribution in [3.05, 3.63) is 249 Å². The number of rotatable bonds is 8. The third kappa shape index (κ3) is 6.70. The summed E-state index contributed by atoms with van der Waals surface area (Å²) in [5.74, 6) is 0. The second-order valence-electron chi connectivity index (χ2n) is 16.5. The van der Waals surface area contributed by atoms with Gasteiger partial charge in [0.15, 0.2) is 0 Å². The summed E-state index contributed by atoms with van der Waals surface area (Å²) in [4.78, 5) is 2.39. The molecule has 0 amide bonds. The molecule has 0 atom stereocenters. The van der Waals surface area contributed by atoms with Crippen molar-refractivity contribution in [3.63, 3.8) is 0 Å². The zero-order chi connectivity index (χ0) is 42.4. The number of anilines is 3. The summed E-state index contributed by atoms with van der Waals surface area (Å²) in [5.41, 5.74) is 16.8. The highest BCUT2D eigenvalue weighted by Gasteiger charge is 2.20. The van der Waals surface area contributed by atoms with Gasteiger partial charge in [0.25, 0.3) is 0 Å². The van der Waals surface area contributed by atoms with Gasteiger partial charge in [0, 0.05) is 27.7 Å².